The van der Waals surface area contributed by atoms with Crippen LogP contribution in [0.25, 0.3) is 0 Å². The standard InChI is InChI=1S/C19H35N3O/c1-19(2,3)21-18(23)15-22-11-9-17(10-12-22)14-20-13-16-7-5-4-6-8-16/h4-5,16-17,20H,6-15H2,1-3H3,(H,21,23). The highest BCUT2D eigenvalue weighted by Crippen LogP contribution is 2.19. The van der Waals surface area contributed by atoms with Gasteiger partial charge in [0, 0.05) is 5.54 Å². The maximum absolute atomic E-state index is 12.0. The Hall–Kier alpha value is -0.870. The third-order valence-corrected chi connectivity index (χ3v) is 4.83. The number of likely N-dealkylation sites (tertiary alicyclic amines) is 1. The number of nitrogens with zero attached hydrogens (tertiary/aromatic N) is 1. The summed E-state index contributed by atoms with van der Waals surface area (Å²) in [7, 11) is 0. The molecule has 4 nitrogen and oxygen atoms in total. The fraction of sp³-hybridized carbons (Fsp3) is 0.842. The molecule has 0 saturated carbocycles. The van der Waals surface area contributed by atoms with Crippen LogP contribution < -0.4 is 10.6 Å². The first kappa shape index (κ1) is 18.5. The normalized spacial score (nSPS) is 23.9. The van der Waals surface area contributed by atoms with Crippen molar-refractivity contribution in [1.82, 2.24) is 15.5 Å². The predicted octanol–water partition coefficient (Wildman–Crippen LogP) is 2.56. The van der Waals surface area contributed by atoms with Crippen LogP contribution in [0.5, 0.6) is 0 Å². The highest BCUT2D eigenvalue weighted by Gasteiger charge is 2.22. The van der Waals surface area contributed by atoms with Crippen LogP contribution in [0.1, 0.15) is 52.9 Å². The fourth-order valence-electron chi connectivity index (χ4n) is 3.54. The molecule has 0 aromatic heterocycles. The van der Waals surface area contributed by atoms with E-state index in [2.05, 4.69) is 27.7 Å². The van der Waals surface area contributed by atoms with Gasteiger partial charge in [-0.15, -0.1) is 0 Å². The van der Waals surface area contributed by atoms with E-state index in [9.17, 15) is 4.79 Å². The highest BCUT2D eigenvalue weighted by atomic mass is 16.2. The SMILES string of the molecule is CC(C)(C)NC(=O)CN1CCC(CNCC2CC=CCC2)CC1. The van der Waals surface area contributed by atoms with Crippen LogP contribution in [0.4, 0.5) is 0 Å². The molecule has 2 N–H and O–H groups in total. The number of hydrogen-bond acceptors (Lipinski definition) is 3. The monoisotopic (exact) mass is 321 g/mol. The largest absolute Gasteiger partial charge is 0.350 e. The van der Waals surface area contributed by atoms with Crippen molar-refractivity contribution < 1.29 is 4.79 Å². The molecular formula is C19H35N3O. The second-order valence-corrected chi connectivity index (χ2v) is 8.33. The number of nitrogens with one attached hydrogen (secondary N) is 2. The summed E-state index contributed by atoms with van der Waals surface area (Å²) in [6, 6.07) is 0. The second kappa shape index (κ2) is 8.84. The van der Waals surface area contributed by atoms with E-state index in [-0.39, 0.29) is 11.4 Å². The van der Waals surface area contributed by atoms with Crippen LogP contribution in [0.3, 0.4) is 0 Å². The Labute approximate surface area is 142 Å². The third kappa shape index (κ3) is 7.49. The summed E-state index contributed by atoms with van der Waals surface area (Å²) < 4.78 is 0. The molecule has 4 heteroatoms. The lowest BCUT2D eigenvalue weighted by Crippen LogP contribution is -2.48. The minimum absolute atomic E-state index is 0.131. The molecule has 0 aromatic rings. The van der Waals surface area contributed by atoms with Crippen LogP contribution in [0.2, 0.25) is 0 Å². The number of carbonyl (C=O) groups is 1. The molecule has 1 atom stereocenters. The van der Waals surface area contributed by atoms with Crippen molar-refractivity contribution in [2.45, 2.75) is 58.4 Å². The zero-order valence-electron chi connectivity index (χ0n) is 15.2. The molecule has 1 unspecified atom stereocenters. The summed E-state index contributed by atoms with van der Waals surface area (Å²) in [6.07, 6.45) is 10.9. The van der Waals surface area contributed by atoms with Crippen LogP contribution in [0.15, 0.2) is 12.2 Å². The molecule has 1 fully saturated rings. The van der Waals surface area contributed by atoms with Gasteiger partial charge in [0.05, 0.1) is 6.54 Å². The molecule has 1 heterocycles. The Morgan fingerprint density at radius 1 is 1.09 bits per heavy atom. The molecule has 0 radical (unpaired) electrons. The quantitative estimate of drug-likeness (QED) is 0.739. The number of carbonyl (C=O) groups excluding carboxylic acids is 1. The van der Waals surface area contributed by atoms with E-state index in [0.29, 0.717) is 6.54 Å². The number of allylic oxidation sites excluding steroid dienone is 2. The second-order valence-electron chi connectivity index (χ2n) is 8.33. The summed E-state index contributed by atoms with van der Waals surface area (Å²) in [4.78, 5) is 14.3. The summed E-state index contributed by atoms with van der Waals surface area (Å²) in [5.41, 5.74) is -0.131. The summed E-state index contributed by atoms with van der Waals surface area (Å²) in [5, 5.41) is 6.73. The van der Waals surface area contributed by atoms with Crippen LogP contribution in [-0.4, -0.2) is 49.1 Å². The maximum atomic E-state index is 12.0. The van der Waals surface area contributed by atoms with Gasteiger partial charge in [-0.3, -0.25) is 9.69 Å². The molecular weight excluding hydrogens is 286 g/mol. The van der Waals surface area contributed by atoms with E-state index in [0.717, 1.165) is 31.5 Å². The maximum Gasteiger partial charge on any atom is 0.234 e. The van der Waals surface area contributed by atoms with Gasteiger partial charge in [-0.2, -0.15) is 0 Å². The molecule has 132 valence electrons. The summed E-state index contributed by atoms with van der Waals surface area (Å²) in [6.45, 7) is 11.1. The van der Waals surface area contributed by atoms with Gasteiger partial charge in [-0.05, 0) is 90.9 Å². The lowest BCUT2D eigenvalue weighted by Gasteiger charge is -2.32. The molecule has 1 aliphatic carbocycles. The molecule has 0 aromatic carbocycles. The number of hydrogen-bond donors (Lipinski definition) is 2. The van der Waals surface area contributed by atoms with Gasteiger partial charge < -0.3 is 10.6 Å². The lowest BCUT2D eigenvalue weighted by molar-refractivity contribution is -0.124. The first-order valence-electron chi connectivity index (χ1n) is 9.31. The van der Waals surface area contributed by atoms with E-state index < -0.39 is 0 Å². The van der Waals surface area contributed by atoms with Gasteiger partial charge in [0.25, 0.3) is 0 Å². The highest BCUT2D eigenvalue weighted by molar-refractivity contribution is 5.78. The fourth-order valence-corrected chi connectivity index (χ4v) is 3.54. The zero-order chi connectivity index (χ0) is 16.7. The first-order chi connectivity index (χ1) is 10.9. The van der Waals surface area contributed by atoms with Crippen LogP contribution >= 0.6 is 0 Å². The molecule has 2 aliphatic rings. The Morgan fingerprint density at radius 2 is 1.78 bits per heavy atom. The van der Waals surface area contributed by atoms with Crippen molar-refractivity contribution in [3.05, 3.63) is 12.2 Å². The molecule has 0 spiro atoms. The van der Waals surface area contributed by atoms with Gasteiger partial charge in [-0.25, -0.2) is 0 Å². The van der Waals surface area contributed by atoms with E-state index in [1.807, 2.05) is 20.8 Å². The van der Waals surface area contributed by atoms with Crippen molar-refractivity contribution in [3.8, 4) is 0 Å². The third-order valence-electron chi connectivity index (χ3n) is 4.83. The lowest BCUT2D eigenvalue weighted by atomic mass is 9.93. The Kier molecular flexibility index (Phi) is 7.09. The molecule has 1 saturated heterocycles. The number of piperidine rings is 1. The number of rotatable bonds is 6. The Morgan fingerprint density at radius 3 is 2.39 bits per heavy atom. The van der Waals surface area contributed by atoms with E-state index in [1.165, 1.54) is 38.6 Å². The minimum Gasteiger partial charge on any atom is -0.350 e. The predicted molar refractivity (Wildman–Crippen MR) is 96.4 cm³/mol. The van der Waals surface area contributed by atoms with Crippen molar-refractivity contribution in [2.24, 2.45) is 11.8 Å². The smallest absolute Gasteiger partial charge is 0.234 e. The Balaban J connectivity index is 1.56. The molecule has 0 bridgehead atoms. The summed E-state index contributed by atoms with van der Waals surface area (Å²) in [5.74, 6) is 1.76. The topological polar surface area (TPSA) is 44.4 Å². The Bertz CT molecular complexity index is 392. The van der Waals surface area contributed by atoms with E-state index in [4.69, 9.17) is 0 Å². The zero-order valence-corrected chi connectivity index (χ0v) is 15.2. The van der Waals surface area contributed by atoms with Gasteiger partial charge in [0.2, 0.25) is 5.91 Å². The molecule has 2 rings (SSSR count). The van der Waals surface area contributed by atoms with Crippen molar-refractivity contribution in [3.63, 3.8) is 0 Å². The van der Waals surface area contributed by atoms with E-state index in [1.54, 1.807) is 0 Å². The number of amides is 1. The van der Waals surface area contributed by atoms with Crippen LogP contribution in [0, 0.1) is 11.8 Å². The first-order valence-corrected chi connectivity index (χ1v) is 9.31. The van der Waals surface area contributed by atoms with Gasteiger partial charge in [0.15, 0.2) is 0 Å². The van der Waals surface area contributed by atoms with Crippen molar-refractivity contribution >= 4 is 5.91 Å². The molecule has 1 aliphatic heterocycles. The van der Waals surface area contributed by atoms with E-state index >= 15 is 0 Å². The average molecular weight is 322 g/mol. The molecule has 1 amide bonds. The van der Waals surface area contributed by atoms with Crippen molar-refractivity contribution in [1.29, 1.82) is 0 Å². The minimum atomic E-state index is -0.131. The average Bonchev–Trinajstić information content (AvgIpc) is 2.48. The van der Waals surface area contributed by atoms with Crippen molar-refractivity contribution in [2.75, 3.05) is 32.7 Å². The van der Waals surface area contributed by atoms with Crippen LogP contribution in [-0.2, 0) is 4.79 Å². The molecule has 23 heavy (non-hydrogen) atoms. The van der Waals surface area contributed by atoms with Gasteiger partial charge >= 0.3 is 0 Å². The van der Waals surface area contributed by atoms with Gasteiger partial charge in [-0.1, -0.05) is 12.2 Å². The summed E-state index contributed by atoms with van der Waals surface area (Å²) >= 11 is 0. The van der Waals surface area contributed by atoms with Gasteiger partial charge in [0.1, 0.15) is 0 Å².